The lowest BCUT2D eigenvalue weighted by Crippen LogP contribution is -2.21. The smallest absolute Gasteiger partial charge is 0.340 e. The average molecular weight is 450 g/mol. The molecule has 0 saturated carbocycles. The molecule has 0 aliphatic carbocycles. The molecule has 33 heavy (non-hydrogen) atoms. The molecule has 0 bridgehead atoms. The molecule has 2 heterocycles. The van der Waals surface area contributed by atoms with Crippen LogP contribution in [0.15, 0.2) is 50.2 Å². The highest BCUT2D eigenvalue weighted by molar-refractivity contribution is 5.98. The number of amides is 1. The molecule has 1 N–H and O–H groups in total. The van der Waals surface area contributed by atoms with Crippen LogP contribution in [0.25, 0.3) is 21.9 Å². The maximum atomic E-state index is 12.8. The third-order valence-electron chi connectivity index (χ3n) is 5.81. The van der Waals surface area contributed by atoms with E-state index in [4.69, 9.17) is 18.3 Å². The van der Waals surface area contributed by atoms with Gasteiger partial charge in [-0.1, -0.05) is 20.8 Å². The lowest BCUT2D eigenvalue weighted by molar-refractivity contribution is -0.115. The van der Waals surface area contributed by atoms with Crippen molar-refractivity contribution in [3.05, 3.63) is 63.7 Å². The Morgan fingerprint density at radius 3 is 2.45 bits per heavy atom. The third kappa shape index (κ3) is 4.18. The Labute approximate surface area is 191 Å². The van der Waals surface area contributed by atoms with Gasteiger partial charge >= 0.3 is 5.63 Å². The van der Waals surface area contributed by atoms with Crippen LogP contribution in [0.1, 0.15) is 37.5 Å². The van der Waals surface area contributed by atoms with Crippen molar-refractivity contribution in [3.8, 4) is 11.5 Å². The van der Waals surface area contributed by atoms with Crippen LogP contribution in [0.2, 0.25) is 0 Å². The van der Waals surface area contributed by atoms with E-state index in [2.05, 4.69) is 26.1 Å². The van der Waals surface area contributed by atoms with E-state index >= 15 is 0 Å². The van der Waals surface area contributed by atoms with Crippen molar-refractivity contribution in [2.45, 2.75) is 39.5 Å². The van der Waals surface area contributed by atoms with Crippen molar-refractivity contribution in [2.75, 3.05) is 19.5 Å². The molecule has 1 amide bonds. The molecular weight excluding hydrogens is 422 g/mol. The van der Waals surface area contributed by atoms with Crippen molar-refractivity contribution < 1.29 is 23.1 Å². The molecular formula is C26H27NO6. The van der Waals surface area contributed by atoms with Gasteiger partial charge < -0.3 is 23.6 Å². The highest BCUT2D eigenvalue weighted by atomic mass is 16.5. The maximum Gasteiger partial charge on any atom is 0.340 e. The molecule has 7 heteroatoms. The average Bonchev–Trinajstić information content (AvgIpc) is 3.19. The van der Waals surface area contributed by atoms with Gasteiger partial charge in [0.15, 0.2) is 0 Å². The van der Waals surface area contributed by atoms with Crippen LogP contribution in [0.5, 0.6) is 11.5 Å². The predicted molar refractivity (Wildman–Crippen MR) is 128 cm³/mol. The van der Waals surface area contributed by atoms with Crippen LogP contribution >= 0.6 is 0 Å². The first-order valence-corrected chi connectivity index (χ1v) is 10.6. The lowest BCUT2D eigenvalue weighted by Gasteiger charge is -2.16. The fraction of sp³-hybridized carbons (Fsp3) is 0.308. The Balaban J connectivity index is 1.71. The number of furan rings is 1. The van der Waals surface area contributed by atoms with E-state index in [1.54, 1.807) is 37.6 Å². The van der Waals surface area contributed by atoms with E-state index in [1.165, 1.54) is 7.11 Å². The van der Waals surface area contributed by atoms with E-state index < -0.39 is 5.63 Å². The number of nitrogens with one attached hydrogen (secondary N) is 1. The SMILES string of the molecule is COc1ccc(NC(=O)Cc2c(C)c3cc4c(C(C)(C)C)coc4cc3oc2=O)c(OC)c1. The molecule has 7 nitrogen and oxygen atoms in total. The molecule has 0 saturated heterocycles. The summed E-state index contributed by atoms with van der Waals surface area (Å²) in [4.78, 5) is 25.5. The molecule has 0 radical (unpaired) electrons. The van der Waals surface area contributed by atoms with Crippen molar-refractivity contribution in [3.63, 3.8) is 0 Å². The van der Waals surface area contributed by atoms with Crippen molar-refractivity contribution in [1.29, 1.82) is 0 Å². The van der Waals surface area contributed by atoms with E-state index in [9.17, 15) is 9.59 Å². The van der Waals surface area contributed by atoms with Crippen molar-refractivity contribution >= 4 is 33.5 Å². The first kappa shape index (κ1) is 22.5. The van der Waals surface area contributed by atoms with E-state index in [0.29, 0.717) is 39.5 Å². The Bertz CT molecular complexity index is 1420. The molecule has 4 aromatic rings. The summed E-state index contributed by atoms with van der Waals surface area (Å²) in [7, 11) is 3.06. The van der Waals surface area contributed by atoms with Crippen LogP contribution in [0, 0.1) is 6.92 Å². The van der Waals surface area contributed by atoms with Gasteiger partial charge in [-0.05, 0) is 36.1 Å². The molecule has 0 aliphatic heterocycles. The monoisotopic (exact) mass is 449 g/mol. The zero-order chi connectivity index (χ0) is 23.9. The van der Waals surface area contributed by atoms with Gasteiger partial charge in [-0.3, -0.25) is 4.79 Å². The highest BCUT2D eigenvalue weighted by Gasteiger charge is 2.22. The molecule has 0 atom stereocenters. The van der Waals surface area contributed by atoms with Gasteiger partial charge in [0.05, 0.1) is 38.2 Å². The zero-order valence-corrected chi connectivity index (χ0v) is 19.6. The summed E-state index contributed by atoms with van der Waals surface area (Å²) >= 11 is 0. The molecule has 2 aromatic heterocycles. The number of benzene rings is 2. The minimum Gasteiger partial charge on any atom is -0.497 e. The Hall–Kier alpha value is -3.74. The van der Waals surface area contributed by atoms with E-state index in [-0.39, 0.29) is 17.7 Å². The number of hydrogen-bond acceptors (Lipinski definition) is 6. The van der Waals surface area contributed by atoms with Gasteiger partial charge in [-0.15, -0.1) is 0 Å². The normalized spacial score (nSPS) is 11.7. The minimum absolute atomic E-state index is 0.109. The fourth-order valence-corrected chi connectivity index (χ4v) is 3.95. The van der Waals surface area contributed by atoms with E-state index in [1.807, 2.05) is 13.0 Å². The number of carbonyl (C=O) groups is 1. The van der Waals surface area contributed by atoms with Gasteiger partial charge in [-0.25, -0.2) is 4.79 Å². The standard InChI is InChI=1S/C26H27NO6/c1-14-16-10-18-19(26(2,3)4)13-32-21(18)12-22(16)33-25(29)17(14)11-24(28)27-20-8-7-15(30-5)9-23(20)31-6/h7-10,12-13H,11H2,1-6H3,(H,27,28). The van der Waals surface area contributed by atoms with Crippen LogP contribution in [-0.4, -0.2) is 20.1 Å². The second-order valence-corrected chi connectivity index (χ2v) is 9.03. The first-order chi connectivity index (χ1) is 15.6. The van der Waals surface area contributed by atoms with Gasteiger partial charge in [-0.2, -0.15) is 0 Å². The molecule has 172 valence electrons. The second-order valence-electron chi connectivity index (χ2n) is 9.03. The van der Waals surface area contributed by atoms with Crippen LogP contribution in [0.3, 0.4) is 0 Å². The van der Waals surface area contributed by atoms with Crippen LogP contribution in [0.4, 0.5) is 5.69 Å². The second kappa shape index (κ2) is 8.31. The number of fused-ring (bicyclic) bond motifs is 2. The lowest BCUT2D eigenvalue weighted by atomic mass is 9.86. The summed E-state index contributed by atoms with van der Waals surface area (Å²) < 4.78 is 21.8. The van der Waals surface area contributed by atoms with Crippen LogP contribution in [-0.2, 0) is 16.6 Å². The molecule has 2 aromatic carbocycles. The predicted octanol–water partition coefficient (Wildman–Crippen LogP) is 5.34. The summed E-state index contributed by atoms with van der Waals surface area (Å²) in [6.07, 6.45) is 1.61. The quantitative estimate of drug-likeness (QED) is 0.414. The molecule has 0 fully saturated rings. The number of ether oxygens (including phenoxy) is 2. The molecule has 0 spiro atoms. The first-order valence-electron chi connectivity index (χ1n) is 10.6. The van der Waals surface area contributed by atoms with Gasteiger partial charge in [0, 0.05) is 28.5 Å². The topological polar surface area (TPSA) is 90.9 Å². The third-order valence-corrected chi connectivity index (χ3v) is 5.81. The van der Waals surface area contributed by atoms with Gasteiger partial charge in [0.25, 0.3) is 0 Å². The number of hydrogen-bond donors (Lipinski definition) is 1. The highest BCUT2D eigenvalue weighted by Crippen LogP contribution is 2.35. The number of methoxy groups -OCH3 is 2. The largest absolute Gasteiger partial charge is 0.497 e. The Morgan fingerprint density at radius 2 is 1.79 bits per heavy atom. The Kier molecular flexibility index (Phi) is 5.66. The molecule has 4 rings (SSSR count). The summed E-state index contributed by atoms with van der Waals surface area (Å²) in [5, 5.41) is 4.54. The molecule has 0 unspecified atom stereocenters. The zero-order valence-electron chi connectivity index (χ0n) is 19.6. The van der Waals surface area contributed by atoms with E-state index in [0.717, 1.165) is 16.3 Å². The van der Waals surface area contributed by atoms with Crippen molar-refractivity contribution in [1.82, 2.24) is 0 Å². The number of carbonyl (C=O) groups excluding carboxylic acids is 1. The number of anilines is 1. The summed E-state index contributed by atoms with van der Waals surface area (Å²) in [6, 6.07) is 8.79. The summed E-state index contributed by atoms with van der Waals surface area (Å²) in [6.45, 7) is 8.17. The summed E-state index contributed by atoms with van der Waals surface area (Å²) in [5.74, 6) is 0.714. The Morgan fingerprint density at radius 1 is 1.03 bits per heavy atom. The van der Waals surface area contributed by atoms with Crippen LogP contribution < -0.4 is 20.4 Å². The van der Waals surface area contributed by atoms with Crippen molar-refractivity contribution in [2.24, 2.45) is 0 Å². The summed E-state index contributed by atoms with van der Waals surface area (Å²) in [5.41, 5.74) is 3.01. The fourth-order valence-electron chi connectivity index (χ4n) is 3.95. The number of rotatable bonds is 5. The minimum atomic E-state index is -0.543. The van der Waals surface area contributed by atoms with Gasteiger partial charge in [0.1, 0.15) is 22.7 Å². The molecule has 0 aliphatic rings. The number of aryl methyl sites for hydroxylation is 1. The van der Waals surface area contributed by atoms with Gasteiger partial charge in [0.2, 0.25) is 5.91 Å². The maximum absolute atomic E-state index is 12.8.